The van der Waals surface area contributed by atoms with E-state index >= 15 is 0 Å². The Morgan fingerprint density at radius 1 is 0.914 bits per heavy atom. The fourth-order valence-electron chi connectivity index (χ4n) is 3.77. The second kappa shape index (κ2) is 10.3. The van der Waals surface area contributed by atoms with Crippen LogP contribution in [0.25, 0.3) is 10.2 Å². The number of hydrogen-bond donors (Lipinski definition) is 4. The van der Waals surface area contributed by atoms with E-state index in [0.29, 0.717) is 29.6 Å². The van der Waals surface area contributed by atoms with Crippen LogP contribution in [0.15, 0.2) is 77.7 Å². The van der Waals surface area contributed by atoms with Gasteiger partial charge in [0.1, 0.15) is 11.6 Å². The summed E-state index contributed by atoms with van der Waals surface area (Å²) >= 11 is 5.91. The Labute approximate surface area is 213 Å². The highest BCUT2D eigenvalue weighted by Gasteiger charge is 2.10. The van der Waals surface area contributed by atoms with E-state index in [9.17, 15) is 5.11 Å². The Bertz CT molecular complexity index is 1470. The van der Waals surface area contributed by atoms with Crippen LogP contribution in [0.2, 0.25) is 0 Å². The lowest BCUT2D eigenvalue weighted by molar-refractivity contribution is 0.462. The lowest BCUT2D eigenvalue weighted by Crippen LogP contribution is -2.10. The Morgan fingerprint density at radius 2 is 1.77 bits per heavy atom. The molecule has 2 heterocycles. The number of aromatic nitrogens is 3. The number of phenols is 1. The van der Waals surface area contributed by atoms with Gasteiger partial charge < -0.3 is 15.7 Å². The minimum Gasteiger partial charge on any atom is -0.507 e. The van der Waals surface area contributed by atoms with E-state index in [0.717, 1.165) is 33.0 Å². The zero-order chi connectivity index (χ0) is 24.2. The van der Waals surface area contributed by atoms with E-state index in [4.69, 9.17) is 15.0 Å². The zero-order valence-electron chi connectivity index (χ0n) is 19.2. The maximum absolute atomic E-state index is 9.69. The van der Waals surface area contributed by atoms with Crippen LogP contribution in [0.1, 0.15) is 22.4 Å². The number of hydrogen-bond acceptors (Lipinski definition) is 8. The normalized spacial score (nSPS) is 11.0. The molecule has 8 heteroatoms. The second-order valence-corrected chi connectivity index (χ2v) is 9.86. The number of thiazole rings is 1. The van der Waals surface area contributed by atoms with Gasteiger partial charge in [0.05, 0.1) is 15.9 Å². The SMILES string of the molecule is Cc1ccc2nc(Nc3cc(Cc4ccccc4)nc(NCCc4ccc(O)c(S)c4)n3)sc2c1. The first-order valence-electron chi connectivity index (χ1n) is 11.3. The van der Waals surface area contributed by atoms with Crippen LogP contribution in [0.5, 0.6) is 5.75 Å². The lowest BCUT2D eigenvalue weighted by Gasteiger charge is -2.11. The van der Waals surface area contributed by atoms with Gasteiger partial charge in [0.15, 0.2) is 5.13 Å². The van der Waals surface area contributed by atoms with Crippen molar-refractivity contribution < 1.29 is 5.11 Å². The van der Waals surface area contributed by atoms with Crippen LogP contribution in [-0.2, 0) is 12.8 Å². The molecule has 0 atom stereocenters. The van der Waals surface area contributed by atoms with E-state index in [1.54, 1.807) is 17.4 Å². The predicted molar refractivity (Wildman–Crippen MR) is 146 cm³/mol. The summed E-state index contributed by atoms with van der Waals surface area (Å²) in [7, 11) is 0. The molecule has 0 bridgehead atoms. The van der Waals surface area contributed by atoms with Crippen LogP contribution in [0.4, 0.5) is 16.9 Å². The molecule has 176 valence electrons. The van der Waals surface area contributed by atoms with E-state index in [1.807, 2.05) is 42.5 Å². The molecule has 0 radical (unpaired) electrons. The van der Waals surface area contributed by atoms with Crippen molar-refractivity contribution in [2.75, 3.05) is 17.2 Å². The molecule has 0 unspecified atom stereocenters. The minimum absolute atomic E-state index is 0.183. The number of anilines is 3. The fraction of sp³-hybridized carbons (Fsp3) is 0.148. The minimum atomic E-state index is 0.183. The first-order valence-corrected chi connectivity index (χ1v) is 12.6. The van der Waals surface area contributed by atoms with Crippen molar-refractivity contribution in [3.05, 3.63) is 95.2 Å². The summed E-state index contributed by atoms with van der Waals surface area (Å²) in [6.07, 6.45) is 1.45. The molecule has 6 nitrogen and oxygen atoms in total. The monoisotopic (exact) mass is 499 g/mol. The van der Waals surface area contributed by atoms with Gasteiger partial charge in [-0.3, -0.25) is 0 Å². The van der Waals surface area contributed by atoms with Crippen LogP contribution >= 0.6 is 24.0 Å². The fourth-order valence-corrected chi connectivity index (χ4v) is 4.99. The molecule has 5 aromatic rings. The standard InChI is InChI=1S/C27H25N5OS2/c1-17-7-9-21-24(13-17)35-27(30-21)32-25-16-20(14-18-5-3-2-4-6-18)29-26(31-25)28-12-11-19-8-10-22(33)23(34)15-19/h2-10,13,15-16,33-34H,11-12,14H2,1H3,(H2,28,29,30,31,32). The molecule has 0 aliphatic carbocycles. The van der Waals surface area contributed by atoms with Crippen molar-refractivity contribution in [1.82, 2.24) is 15.0 Å². The number of nitrogens with one attached hydrogen (secondary N) is 2. The van der Waals surface area contributed by atoms with Gasteiger partial charge in [0, 0.05) is 23.9 Å². The second-order valence-electron chi connectivity index (χ2n) is 8.35. The van der Waals surface area contributed by atoms with E-state index in [-0.39, 0.29) is 5.75 Å². The van der Waals surface area contributed by atoms with Gasteiger partial charge in [-0.2, -0.15) is 4.98 Å². The van der Waals surface area contributed by atoms with Crippen molar-refractivity contribution in [1.29, 1.82) is 0 Å². The topological polar surface area (TPSA) is 83.0 Å². The first-order chi connectivity index (χ1) is 17.0. The molecular weight excluding hydrogens is 474 g/mol. The Balaban J connectivity index is 1.37. The highest BCUT2D eigenvalue weighted by atomic mass is 32.1. The number of phenolic OH excluding ortho intramolecular Hbond substituents is 1. The van der Waals surface area contributed by atoms with Gasteiger partial charge in [-0.15, -0.1) is 12.6 Å². The summed E-state index contributed by atoms with van der Waals surface area (Å²) in [4.78, 5) is 14.7. The number of nitrogens with zero attached hydrogens (tertiary/aromatic N) is 3. The van der Waals surface area contributed by atoms with Gasteiger partial charge in [0.2, 0.25) is 5.95 Å². The van der Waals surface area contributed by atoms with Crippen molar-refractivity contribution in [2.24, 2.45) is 0 Å². The maximum atomic E-state index is 9.69. The summed E-state index contributed by atoms with van der Waals surface area (Å²) < 4.78 is 1.14. The molecule has 0 amide bonds. The van der Waals surface area contributed by atoms with E-state index in [2.05, 4.69) is 54.5 Å². The molecule has 0 saturated heterocycles. The lowest BCUT2D eigenvalue weighted by atomic mass is 10.1. The molecule has 35 heavy (non-hydrogen) atoms. The average molecular weight is 500 g/mol. The summed E-state index contributed by atoms with van der Waals surface area (Å²) in [5.74, 6) is 1.44. The third kappa shape index (κ3) is 5.90. The Kier molecular flexibility index (Phi) is 6.83. The van der Waals surface area contributed by atoms with Crippen LogP contribution in [-0.4, -0.2) is 26.6 Å². The van der Waals surface area contributed by atoms with Gasteiger partial charge in [-0.05, 0) is 54.3 Å². The number of aromatic hydroxyl groups is 1. The van der Waals surface area contributed by atoms with Gasteiger partial charge in [-0.1, -0.05) is 53.8 Å². The highest BCUT2D eigenvalue weighted by molar-refractivity contribution is 7.80. The van der Waals surface area contributed by atoms with Crippen LogP contribution in [0.3, 0.4) is 0 Å². The summed E-state index contributed by atoms with van der Waals surface area (Å²) in [6, 6.07) is 23.9. The van der Waals surface area contributed by atoms with Crippen molar-refractivity contribution in [3.63, 3.8) is 0 Å². The third-order valence-electron chi connectivity index (χ3n) is 5.52. The van der Waals surface area contributed by atoms with Crippen LogP contribution < -0.4 is 10.6 Å². The summed E-state index contributed by atoms with van der Waals surface area (Å²) in [5.41, 5.74) is 5.35. The highest BCUT2D eigenvalue weighted by Crippen LogP contribution is 2.29. The maximum Gasteiger partial charge on any atom is 0.224 e. The number of thiol groups is 1. The number of benzene rings is 3. The van der Waals surface area contributed by atoms with E-state index < -0.39 is 0 Å². The molecule has 5 rings (SSSR count). The Morgan fingerprint density at radius 3 is 2.60 bits per heavy atom. The van der Waals surface area contributed by atoms with E-state index in [1.165, 1.54) is 11.1 Å². The number of fused-ring (bicyclic) bond motifs is 1. The molecule has 0 fully saturated rings. The largest absolute Gasteiger partial charge is 0.507 e. The molecule has 3 N–H and O–H groups in total. The summed E-state index contributed by atoms with van der Waals surface area (Å²) in [5, 5.41) is 17.2. The molecular formula is C27H25N5OS2. The molecule has 0 aliphatic rings. The van der Waals surface area contributed by atoms with Crippen molar-refractivity contribution in [2.45, 2.75) is 24.7 Å². The quantitative estimate of drug-likeness (QED) is 0.186. The molecule has 0 saturated carbocycles. The number of aryl methyl sites for hydroxylation is 1. The van der Waals surface area contributed by atoms with Gasteiger partial charge in [0.25, 0.3) is 0 Å². The average Bonchev–Trinajstić information content (AvgIpc) is 3.23. The van der Waals surface area contributed by atoms with Crippen molar-refractivity contribution in [3.8, 4) is 5.75 Å². The Hall–Kier alpha value is -3.62. The first kappa shape index (κ1) is 23.1. The van der Waals surface area contributed by atoms with Gasteiger partial charge in [-0.25, -0.2) is 9.97 Å². The van der Waals surface area contributed by atoms with Crippen LogP contribution in [0, 0.1) is 6.92 Å². The molecule has 3 aromatic carbocycles. The van der Waals surface area contributed by atoms with Crippen molar-refractivity contribution >= 4 is 51.1 Å². The number of rotatable bonds is 8. The zero-order valence-corrected chi connectivity index (χ0v) is 20.9. The molecule has 0 aliphatic heterocycles. The smallest absolute Gasteiger partial charge is 0.224 e. The molecule has 0 spiro atoms. The van der Waals surface area contributed by atoms with Gasteiger partial charge >= 0.3 is 0 Å². The predicted octanol–water partition coefficient (Wildman–Crippen LogP) is 6.38. The summed E-state index contributed by atoms with van der Waals surface area (Å²) in [6.45, 7) is 2.73. The third-order valence-corrected chi connectivity index (χ3v) is 6.81. The molecule has 2 aromatic heterocycles.